The highest BCUT2D eigenvalue weighted by Crippen LogP contribution is 2.29. The molecular formula is C8H14N2S. The third-order valence-electron chi connectivity index (χ3n) is 1.54. The van der Waals surface area contributed by atoms with Crippen LogP contribution in [-0.4, -0.2) is 5.75 Å². The molecule has 11 heavy (non-hydrogen) atoms. The molecule has 0 aliphatic heterocycles. The van der Waals surface area contributed by atoms with Crippen molar-refractivity contribution >= 4 is 11.1 Å². The highest BCUT2D eigenvalue weighted by Gasteiger charge is 1.98. The van der Waals surface area contributed by atoms with Crippen molar-refractivity contribution < 1.29 is 0 Å². The van der Waals surface area contributed by atoms with Gasteiger partial charge in [-0.25, -0.2) is 4.83 Å². The highest BCUT2D eigenvalue weighted by atomic mass is 32.2. The maximum absolute atomic E-state index is 5.39. The van der Waals surface area contributed by atoms with Gasteiger partial charge in [-0.05, 0) is 17.9 Å². The summed E-state index contributed by atoms with van der Waals surface area (Å²) in [4.78, 5) is 4.15. The van der Waals surface area contributed by atoms with Crippen LogP contribution in [0.5, 0.6) is 0 Å². The Bertz CT molecular complexity index is 197. The average Bonchev–Trinajstić information content (AvgIpc) is 2.09. The van der Waals surface area contributed by atoms with Crippen molar-refractivity contribution in [2.75, 3.05) is 5.75 Å². The topological polar surface area (TPSA) is 38.0 Å². The number of nitrogens with two attached hydrogens (primary N) is 1. The fourth-order valence-corrected chi connectivity index (χ4v) is 2.19. The summed E-state index contributed by atoms with van der Waals surface area (Å²) < 4.78 is 0. The summed E-state index contributed by atoms with van der Waals surface area (Å²) in [5, 5.41) is 0. The van der Waals surface area contributed by atoms with Crippen LogP contribution in [0.2, 0.25) is 0 Å². The fraction of sp³-hybridized carbons (Fsp3) is 0.250. The summed E-state index contributed by atoms with van der Waals surface area (Å²) in [6, 6.07) is 10.3. The molecule has 0 spiro atoms. The Labute approximate surface area is 70.2 Å². The first-order chi connectivity index (χ1) is 5.38. The highest BCUT2D eigenvalue weighted by molar-refractivity contribution is 8.15. The summed E-state index contributed by atoms with van der Waals surface area (Å²) in [7, 11) is 0. The predicted octanol–water partition coefficient (Wildman–Crippen LogP) is 1.44. The van der Waals surface area contributed by atoms with Crippen LogP contribution < -0.4 is 10.7 Å². The van der Waals surface area contributed by atoms with Crippen molar-refractivity contribution in [1.82, 2.24) is 4.83 Å². The smallest absolute Gasteiger partial charge is 0.000721 e. The molecule has 3 N–H and O–H groups in total. The lowest BCUT2D eigenvalue weighted by molar-refractivity contribution is 1.09. The second kappa shape index (κ2) is 4.38. The van der Waals surface area contributed by atoms with E-state index in [1.165, 1.54) is 4.90 Å². The van der Waals surface area contributed by atoms with E-state index in [1.807, 2.05) is 18.2 Å². The molecule has 0 amide bonds. The quantitative estimate of drug-likeness (QED) is 0.365. The van der Waals surface area contributed by atoms with Gasteiger partial charge in [0.15, 0.2) is 0 Å². The lowest BCUT2D eigenvalue weighted by Gasteiger charge is -2.17. The maximum atomic E-state index is 5.39. The zero-order chi connectivity index (χ0) is 8.10. The van der Waals surface area contributed by atoms with Crippen molar-refractivity contribution in [3.63, 3.8) is 0 Å². The Morgan fingerprint density at radius 2 is 2.00 bits per heavy atom. The van der Waals surface area contributed by atoms with E-state index < -0.39 is 0 Å². The van der Waals surface area contributed by atoms with Gasteiger partial charge in [0.1, 0.15) is 0 Å². The number of hydrogen-bond acceptors (Lipinski definition) is 2. The number of hydrogen-bond donors (Lipinski definition) is 3. The van der Waals surface area contributed by atoms with Crippen molar-refractivity contribution in [3.05, 3.63) is 30.3 Å². The molecule has 1 rings (SSSR count). The van der Waals surface area contributed by atoms with E-state index in [2.05, 4.69) is 23.9 Å². The first-order valence-corrected chi connectivity index (χ1v) is 5.20. The van der Waals surface area contributed by atoms with Crippen LogP contribution in [0, 0.1) is 0 Å². The summed E-state index contributed by atoms with van der Waals surface area (Å²) in [6.45, 7) is 2.14. The van der Waals surface area contributed by atoms with Gasteiger partial charge in [-0.2, -0.15) is 11.1 Å². The van der Waals surface area contributed by atoms with E-state index >= 15 is 0 Å². The summed E-state index contributed by atoms with van der Waals surface area (Å²) in [5.74, 6) is 6.47. The lowest BCUT2D eigenvalue weighted by Crippen LogP contribution is -2.19. The van der Waals surface area contributed by atoms with Crippen LogP contribution in [0.15, 0.2) is 35.2 Å². The monoisotopic (exact) mass is 170 g/mol. The van der Waals surface area contributed by atoms with E-state index in [0.29, 0.717) is 0 Å². The van der Waals surface area contributed by atoms with Crippen molar-refractivity contribution in [2.45, 2.75) is 11.8 Å². The molecule has 62 valence electrons. The molecule has 0 saturated heterocycles. The standard InChI is InChI=1S/C8H14N2S/c1-2-11(10-9)8-6-4-3-5-7-8/h3-7,10-11H,2,9H2,1H3. The summed E-state index contributed by atoms with van der Waals surface area (Å²) in [5.41, 5.74) is 0. The Morgan fingerprint density at radius 1 is 1.36 bits per heavy atom. The summed E-state index contributed by atoms with van der Waals surface area (Å²) >= 11 is -0.324. The maximum Gasteiger partial charge on any atom is 0.000721 e. The zero-order valence-corrected chi connectivity index (χ0v) is 7.51. The minimum absolute atomic E-state index is 0.324. The molecule has 2 nitrogen and oxygen atoms in total. The number of thiol groups is 1. The zero-order valence-electron chi connectivity index (χ0n) is 6.62. The van der Waals surface area contributed by atoms with Crippen molar-refractivity contribution in [3.8, 4) is 0 Å². The fourth-order valence-electron chi connectivity index (χ4n) is 0.956. The van der Waals surface area contributed by atoms with E-state index in [-0.39, 0.29) is 11.1 Å². The number of benzene rings is 1. The number of nitrogens with one attached hydrogen (secondary N) is 1. The third kappa shape index (κ3) is 2.22. The van der Waals surface area contributed by atoms with Gasteiger partial charge < -0.3 is 0 Å². The molecule has 1 aromatic carbocycles. The predicted molar refractivity (Wildman–Crippen MR) is 51.6 cm³/mol. The molecule has 0 heterocycles. The number of rotatable bonds is 3. The Morgan fingerprint density at radius 3 is 2.45 bits per heavy atom. The van der Waals surface area contributed by atoms with Crippen molar-refractivity contribution in [1.29, 1.82) is 0 Å². The lowest BCUT2D eigenvalue weighted by atomic mass is 10.4. The van der Waals surface area contributed by atoms with Gasteiger partial charge in [0.25, 0.3) is 0 Å². The average molecular weight is 170 g/mol. The van der Waals surface area contributed by atoms with Gasteiger partial charge in [-0.1, -0.05) is 25.1 Å². The molecule has 1 unspecified atom stereocenters. The van der Waals surface area contributed by atoms with Gasteiger partial charge in [-0.15, -0.1) is 0 Å². The molecular weight excluding hydrogens is 156 g/mol. The molecule has 0 saturated carbocycles. The molecule has 3 heteroatoms. The second-order valence-electron chi connectivity index (χ2n) is 2.21. The minimum atomic E-state index is -0.324. The van der Waals surface area contributed by atoms with Crippen molar-refractivity contribution in [2.24, 2.45) is 5.84 Å². The minimum Gasteiger partial charge on any atom is -0.263 e. The summed E-state index contributed by atoms with van der Waals surface area (Å²) in [6.07, 6.45) is 0. The van der Waals surface area contributed by atoms with Crippen LogP contribution in [0.1, 0.15) is 6.92 Å². The molecule has 0 radical (unpaired) electrons. The molecule has 0 aliphatic rings. The van der Waals surface area contributed by atoms with Crippen LogP contribution in [-0.2, 0) is 0 Å². The van der Waals surface area contributed by atoms with E-state index in [9.17, 15) is 0 Å². The van der Waals surface area contributed by atoms with Crippen LogP contribution >= 0.6 is 11.1 Å². The Hall–Kier alpha value is -0.510. The number of hydrazine groups is 1. The first-order valence-electron chi connectivity index (χ1n) is 3.67. The third-order valence-corrected chi connectivity index (χ3v) is 3.41. The molecule has 0 fully saturated rings. The molecule has 0 aromatic heterocycles. The second-order valence-corrected chi connectivity index (χ2v) is 4.47. The SMILES string of the molecule is CC[SH](NN)c1ccccc1. The Kier molecular flexibility index (Phi) is 3.42. The van der Waals surface area contributed by atoms with Gasteiger partial charge in [0.05, 0.1) is 0 Å². The van der Waals surface area contributed by atoms with Gasteiger partial charge in [0, 0.05) is 4.90 Å². The van der Waals surface area contributed by atoms with E-state index in [4.69, 9.17) is 5.84 Å². The largest absolute Gasteiger partial charge is 0.263 e. The molecule has 1 aromatic rings. The van der Waals surface area contributed by atoms with Crippen LogP contribution in [0.4, 0.5) is 0 Å². The van der Waals surface area contributed by atoms with Crippen LogP contribution in [0.25, 0.3) is 0 Å². The van der Waals surface area contributed by atoms with Gasteiger partial charge in [-0.3, -0.25) is 5.84 Å². The Balaban J connectivity index is 2.74. The molecule has 0 bridgehead atoms. The first kappa shape index (κ1) is 8.59. The van der Waals surface area contributed by atoms with Gasteiger partial charge in [0.2, 0.25) is 0 Å². The molecule has 0 aliphatic carbocycles. The van der Waals surface area contributed by atoms with Gasteiger partial charge >= 0.3 is 0 Å². The molecule has 1 atom stereocenters. The normalized spacial score (nSPS) is 14.5. The van der Waals surface area contributed by atoms with Crippen LogP contribution in [0.3, 0.4) is 0 Å². The van der Waals surface area contributed by atoms with E-state index in [1.54, 1.807) is 0 Å². The van der Waals surface area contributed by atoms with E-state index in [0.717, 1.165) is 5.75 Å².